The normalized spacial score (nSPS) is 19.3. The Kier molecular flexibility index (Phi) is 7.00. The molecule has 1 saturated heterocycles. The number of benzene rings is 2. The number of rotatable bonds is 8. The van der Waals surface area contributed by atoms with E-state index in [1.807, 2.05) is 41.4 Å². The summed E-state index contributed by atoms with van der Waals surface area (Å²) in [4.78, 5) is 17.1. The maximum Gasteiger partial charge on any atom is 0.269 e. The molecule has 0 saturated carbocycles. The summed E-state index contributed by atoms with van der Waals surface area (Å²) in [6.45, 7) is 8.30. The van der Waals surface area contributed by atoms with Gasteiger partial charge in [0.1, 0.15) is 18.1 Å². The monoisotopic (exact) mass is 498 g/mol. The summed E-state index contributed by atoms with van der Waals surface area (Å²) in [6, 6.07) is 18.3. The van der Waals surface area contributed by atoms with E-state index in [1.54, 1.807) is 12.4 Å². The molecule has 1 atom stereocenters. The third kappa shape index (κ3) is 4.84. The van der Waals surface area contributed by atoms with Gasteiger partial charge in [-0.3, -0.25) is 9.78 Å². The maximum absolute atomic E-state index is 12.9. The van der Waals surface area contributed by atoms with Crippen molar-refractivity contribution < 1.29 is 14.6 Å². The Morgan fingerprint density at radius 2 is 1.86 bits per heavy atom. The second-order valence-corrected chi connectivity index (χ2v) is 10.1. The van der Waals surface area contributed by atoms with Crippen LogP contribution in [0.4, 0.5) is 0 Å². The van der Waals surface area contributed by atoms with Crippen LogP contribution in [0.15, 0.2) is 72.7 Å². The number of ether oxygens (including phenoxy) is 1. The van der Waals surface area contributed by atoms with Crippen LogP contribution in [0.2, 0.25) is 0 Å². The molecule has 0 bridgehead atoms. The number of hydrogen-bond acceptors (Lipinski definition) is 6. The van der Waals surface area contributed by atoms with Gasteiger partial charge in [0.25, 0.3) is 5.91 Å². The Morgan fingerprint density at radius 3 is 2.57 bits per heavy atom. The first-order valence-corrected chi connectivity index (χ1v) is 12.9. The van der Waals surface area contributed by atoms with Crippen LogP contribution in [0.25, 0.3) is 5.57 Å². The molecule has 1 unspecified atom stereocenters. The van der Waals surface area contributed by atoms with Gasteiger partial charge in [-0.05, 0) is 71.3 Å². The van der Waals surface area contributed by atoms with Crippen molar-refractivity contribution in [1.82, 2.24) is 20.7 Å². The zero-order valence-corrected chi connectivity index (χ0v) is 21.6. The van der Waals surface area contributed by atoms with Gasteiger partial charge < -0.3 is 20.2 Å². The zero-order chi connectivity index (χ0) is 26.0. The zero-order valence-electron chi connectivity index (χ0n) is 21.6. The van der Waals surface area contributed by atoms with E-state index in [4.69, 9.17) is 4.74 Å². The summed E-state index contributed by atoms with van der Waals surface area (Å²) in [5, 5.41) is 14.4. The second kappa shape index (κ2) is 10.4. The van der Waals surface area contributed by atoms with Gasteiger partial charge in [-0.1, -0.05) is 44.2 Å². The van der Waals surface area contributed by atoms with Crippen molar-refractivity contribution in [2.24, 2.45) is 0 Å². The third-order valence-electron chi connectivity index (χ3n) is 7.22. The van der Waals surface area contributed by atoms with Crippen LogP contribution >= 0.6 is 0 Å². The van der Waals surface area contributed by atoms with Gasteiger partial charge in [0, 0.05) is 31.1 Å². The minimum absolute atomic E-state index is 0.0737. The van der Waals surface area contributed by atoms with Gasteiger partial charge in [0.05, 0.1) is 12.1 Å². The number of nitrogens with zero attached hydrogens (tertiary/aromatic N) is 2. The van der Waals surface area contributed by atoms with E-state index >= 15 is 0 Å². The first-order valence-electron chi connectivity index (χ1n) is 12.9. The van der Waals surface area contributed by atoms with Crippen LogP contribution in [0.5, 0.6) is 5.75 Å². The average molecular weight is 499 g/mol. The molecule has 1 fully saturated rings. The van der Waals surface area contributed by atoms with Gasteiger partial charge in [-0.25, -0.2) is 5.43 Å². The van der Waals surface area contributed by atoms with E-state index < -0.39 is 5.54 Å². The fourth-order valence-corrected chi connectivity index (χ4v) is 5.38. The fourth-order valence-electron chi connectivity index (χ4n) is 5.38. The van der Waals surface area contributed by atoms with E-state index in [1.165, 1.54) is 11.1 Å². The fraction of sp³-hybridized carbons (Fsp3) is 0.333. The maximum atomic E-state index is 12.9. The second-order valence-electron chi connectivity index (χ2n) is 10.1. The lowest BCUT2D eigenvalue weighted by molar-refractivity contribution is -0.120. The molecule has 2 aliphatic rings. The molecule has 3 N–H and O–H groups in total. The Hall–Kier alpha value is -3.68. The number of piperazine rings is 1. The van der Waals surface area contributed by atoms with Crippen LogP contribution in [0.1, 0.15) is 54.5 Å². The molecule has 0 spiro atoms. The van der Waals surface area contributed by atoms with Crippen LogP contribution < -0.4 is 15.5 Å². The van der Waals surface area contributed by atoms with Gasteiger partial charge in [-0.2, -0.15) is 0 Å². The highest BCUT2D eigenvalue weighted by molar-refractivity contribution is 6.04. The van der Waals surface area contributed by atoms with Crippen molar-refractivity contribution in [2.45, 2.75) is 45.3 Å². The predicted octanol–water partition coefficient (Wildman–Crippen LogP) is 3.90. The molecule has 3 aromatic rings. The Balaban J connectivity index is 1.41. The van der Waals surface area contributed by atoms with Gasteiger partial charge >= 0.3 is 0 Å². The van der Waals surface area contributed by atoms with E-state index in [2.05, 4.69) is 54.7 Å². The number of amides is 1. The summed E-state index contributed by atoms with van der Waals surface area (Å²) < 4.78 is 6.12. The Morgan fingerprint density at radius 1 is 1.11 bits per heavy atom. The molecule has 0 aliphatic carbocycles. The van der Waals surface area contributed by atoms with Crippen LogP contribution in [0, 0.1) is 0 Å². The number of carbonyl (C=O) groups is 1. The molecule has 192 valence electrons. The summed E-state index contributed by atoms with van der Waals surface area (Å²) in [5.74, 6) is 1.09. The van der Waals surface area contributed by atoms with Crippen molar-refractivity contribution in [3.8, 4) is 5.75 Å². The van der Waals surface area contributed by atoms with Crippen molar-refractivity contribution in [1.29, 1.82) is 0 Å². The Labute approximate surface area is 218 Å². The van der Waals surface area contributed by atoms with Crippen molar-refractivity contribution in [2.75, 3.05) is 19.7 Å². The highest BCUT2D eigenvalue weighted by Crippen LogP contribution is 2.44. The SMILES string of the molecule is CC(C)c1ccc(COc2ccc(C3=C4C(=O)NCCN4NC3(C)c3ccncc3)cc2)cc1CCO. The Bertz CT molecular complexity index is 1300. The number of aliphatic hydroxyl groups excluding tert-OH is 1. The molecule has 7 nitrogen and oxygen atoms in total. The molecule has 37 heavy (non-hydrogen) atoms. The molecule has 1 aromatic heterocycles. The van der Waals surface area contributed by atoms with E-state index in [9.17, 15) is 9.90 Å². The van der Waals surface area contributed by atoms with E-state index in [0.717, 1.165) is 28.0 Å². The molecule has 0 radical (unpaired) electrons. The number of carbonyl (C=O) groups excluding carboxylic acids is 1. The standard InChI is InChI=1S/C30H34N4O3/c1-20(2)26-9-4-21(18-23(26)12-17-35)19-37-25-7-5-22(6-8-25)27-28-29(36)32-15-16-34(28)33-30(27,3)24-10-13-31-14-11-24/h4-11,13-14,18,20,33,35H,12,15-17,19H2,1-3H3,(H,32,36). The number of hydrazine groups is 1. The topological polar surface area (TPSA) is 86.7 Å². The highest BCUT2D eigenvalue weighted by atomic mass is 16.5. The molecule has 7 heteroatoms. The van der Waals surface area contributed by atoms with E-state index in [-0.39, 0.29) is 12.5 Å². The number of aliphatic hydroxyl groups is 1. The van der Waals surface area contributed by atoms with E-state index in [0.29, 0.717) is 37.7 Å². The molecular weight excluding hydrogens is 464 g/mol. The number of pyridine rings is 1. The van der Waals surface area contributed by atoms with Crippen molar-refractivity contribution in [3.63, 3.8) is 0 Å². The molecule has 2 aromatic carbocycles. The van der Waals surface area contributed by atoms with Crippen LogP contribution in [-0.4, -0.2) is 40.7 Å². The van der Waals surface area contributed by atoms with Gasteiger partial charge in [0.15, 0.2) is 0 Å². The quantitative estimate of drug-likeness (QED) is 0.437. The lowest BCUT2D eigenvalue weighted by Gasteiger charge is -2.32. The molecule has 3 heterocycles. The predicted molar refractivity (Wildman–Crippen MR) is 143 cm³/mol. The highest BCUT2D eigenvalue weighted by Gasteiger charge is 2.46. The lowest BCUT2D eigenvalue weighted by atomic mass is 9.81. The van der Waals surface area contributed by atoms with Crippen molar-refractivity contribution >= 4 is 11.5 Å². The first kappa shape index (κ1) is 25.0. The van der Waals surface area contributed by atoms with Crippen molar-refractivity contribution in [3.05, 3.63) is 101 Å². The first-order chi connectivity index (χ1) is 17.9. The molecule has 1 amide bonds. The summed E-state index contributed by atoms with van der Waals surface area (Å²) in [6.07, 6.45) is 4.19. The third-order valence-corrected chi connectivity index (χ3v) is 7.22. The smallest absolute Gasteiger partial charge is 0.269 e. The minimum atomic E-state index is -0.580. The number of fused-ring (bicyclic) bond motifs is 1. The minimum Gasteiger partial charge on any atom is -0.489 e. The summed E-state index contributed by atoms with van der Waals surface area (Å²) in [5.41, 5.74) is 10.1. The molecule has 2 aliphatic heterocycles. The molecule has 5 rings (SSSR count). The lowest BCUT2D eigenvalue weighted by Crippen LogP contribution is -2.51. The number of nitrogens with one attached hydrogen (secondary N) is 2. The largest absolute Gasteiger partial charge is 0.489 e. The number of aromatic nitrogens is 1. The summed E-state index contributed by atoms with van der Waals surface area (Å²) >= 11 is 0. The summed E-state index contributed by atoms with van der Waals surface area (Å²) in [7, 11) is 0. The number of hydrogen-bond donors (Lipinski definition) is 3. The average Bonchev–Trinajstić information content (AvgIpc) is 3.23. The van der Waals surface area contributed by atoms with Crippen LogP contribution in [-0.2, 0) is 23.4 Å². The molecular formula is C30H34N4O3. The van der Waals surface area contributed by atoms with Crippen LogP contribution in [0.3, 0.4) is 0 Å². The van der Waals surface area contributed by atoms with Gasteiger partial charge in [-0.15, -0.1) is 0 Å². The van der Waals surface area contributed by atoms with Gasteiger partial charge in [0.2, 0.25) is 0 Å².